The minimum Gasteiger partial charge on any atom is -0.321 e. The largest absolute Gasteiger partial charge is 0.321 e. The molecular weight excluding hydrogens is 148 g/mol. The molecule has 0 aliphatic carbocycles. The molecule has 0 fully saturated rings. The van der Waals surface area contributed by atoms with Gasteiger partial charge in [-0.25, -0.2) is 0 Å². The molecule has 0 saturated carbocycles. The van der Waals surface area contributed by atoms with Crippen LogP contribution in [0.1, 0.15) is 0 Å². The molecule has 0 heterocycles. The van der Waals surface area contributed by atoms with Crippen molar-refractivity contribution in [2.45, 2.75) is 0 Å². The maximum Gasteiger partial charge on any atom is 0.140 e. The lowest BCUT2D eigenvalue weighted by molar-refractivity contribution is -0.864. The van der Waals surface area contributed by atoms with Crippen molar-refractivity contribution < 1.29 is 8.97 Å². The van der Waals surface area contributed by atoms with Crippen LogP contribution in [0.3, 0.4) is 0 Å². The highest BCUT2D eigenvalue weighted by Crippen LogP contribution is 1.88. The van der Waals surface area contributed by atoms with Crippen molar-refractivity contribution >= 4 is 0 Å². The van der Waals surface area contributed by atoms with E-state index in [1.165, 1.54) is 0 Å². The zero-order valence-electron chi connectivity index (χ0n) is 9.31. The lowest BCUT2D eigenvalue weighted by Crippen LogP contribution is -2.36. The lowest BCUT2D eigenvalue weighted by atomic mass is 10.4. The molecule has 0 aliphatic heterocycles. The summed E-state index contributed by atoms with van der Waals surface area (Å²) in [6.45, 7) is 1.86. The van der Waals surface area contributed by atoms with Gasteiger partial charge in [-0.3, -0.25) is 0 Å². The molecular formula is C10H22N2+2. The Bertz CT molecular complexity index is 163. The minimum absolute atomic E-state index is 0.921. The SMILES string of the molecule is C[N+](C)(C)CC#CC[N+](C)(C)C. The maximum absolute atomic E-state index is 3.19. The third kappa shape index (κ3) is 9.48. The topological polar surface area (TPSA) is 0 Å². The summed E-state index contributed by atoms with van der Waals surface area (Å²) in [5.74, 6) is 6.38. The van der Waals surface area contributed by atoms with Crippen molar-refractivity contribution in [3.05, 3.63) is 0 Å². The highest BCUT2D eigenvalue weighted by atomic mass is 15.3. The summed E-state index contributed by atoms with van der Waals surface area (Å²) < 4.78 is 1.84. The third-order valence-corrected chi connectivity index (χ3v) is 1.23. The standard InChI is InChI=1S/C10H22N2/c1-11(2,3)9-7-8-10-12(4,5)6/h9-10H2,1-6H3/q+2. The number of nitrogens with zero attached hydrogens (tertiary/aromatic N) is 2. The first-order valence-corrected chi connectivity index (χ1v) is 4.27. The molecule has 2 nitrogen and oxygen atoms in total. The van der Waals surface area contributed by atoms with Crippen molar-refractivity contribution in [2.75, 3.05) is 55.4 Å². The second-order valence-corrected chi connectivity index (χ2v) is 5.25. The van der Waals surface area contributed by atoms with E-state index in [2.05, 4.69) is 54.1 Å². The monoisotopic (exact) mass is 170 g/mol. The summed E-state index contributed by atoms with van der Waals surface area (Å²) in [4.78, 5) is 0. The first-order valence-electron chi connectivity index (χ1n) is 4.27. The Hall–Kier alpha value is -0.520. The average Bonchev–Trinajstić information content (AvgIpc) is 1.76. The molecule has 0 radical (unpaired) electrons. The van der Waals surface area contributed by atoms with Gasteiger partial charge in [-0.15, -0.1) is 0 Å². The fourth-order valence-corrected chi connectivity index (χ4v) is 0.586. The van der Waals surface area contributed by atoms with E-state index in [0.717, 1.165) is 22.1 Å². The van der Waals surface area contributed by atoms with Crippen LogP contribution in [0.5, 0.6) is 0 Å². The summed E-state index contributed by atoms with van der Waals surface area (Å²) in [6, 6.07) is 0. The van der Waals surface area contributed by atoms with Gasteiger partial charge >= 0.3 is 0 Å². The molecule has 0 N–H and O–H groups in total. The summed E-state index contributed by atoms with van der Waals surface area (Å²) in [7, 11) is 12.9. The molecule has 0 bridgehead atoms. The van der Waals surface area contributed by atoms with Crippen molar-refractivity contribution in [1.82, 2.24) is 0 Å². The van der Waals surface area contributed by atoms with Crippen LogP contribution in [0.2, 0.25) is 0 Å². The van der Waals surface area contributed by atoms with E-state index >= 15 is 0 Å². The molecule has 0 aromatic carbocycles. The maximum atomic E-state index is 3.19. The van der Waals surface area contributed by atoms with Crippen LogP contribution in [-0.4, -0.2) is 64.3 Å². The highest BCUT2D eigenvalue weighted by molar-refractivity contribution is 4.99. The lowest BCUT2D eigenvalue weighted by Gasteiger charge is -2.21. The van der Waals surface area contributed by atoms with Crippen LogP contribution in [-0.2, 0) is 0 Å². The minimum atomic E-state index is 0.921. The summed E-state index contributed by atoms with van der Waals surface area (Å²) in [6.07, 6.45) is 0. The second-order valence-electron chi connectivity index (χ2n) is 5.25. The van der Waals surface area contributed by atoms with Crippen LogP contribution in [0.4, 0.5) is 0 Å². The number of rotatable bonds is 2. The smallest absolute Gasteiger partial charge is 0.140 e. The highest BCUT2D eigenvalue weighted by Gasteiger charge is 2.04. The molecule has 0 saturated heterocycles. The molecule has 0 rings (SSSR count). The number of hydrogen-bond acceptors (Lipinski definition) is 0. The predicted molar refractivity (Wildman–Crippen MR) is 53.6 cm³/mol. The van der Waals surface area contributed by atoms with Gasteiger partial charge in [0.25, 0.3) is 0 Å². The summed E-state index contributed by atoms with van der Waals surface area (Å²) >= 11 is 0. The molecule has 2 heteroatoms. The molecule has 70 valence electrons. The van der Waals surface area contributed by atoms with Gasteiger partial charge in [-0.1, -0.05) is 0 Å². The van der Waals surface area contributed by atoms with Gasteiger partial charge in [0.1, 0.15) is 13.1 Å². The van der Waals surface area contributed by atoms with Gasteiger partial charge in [0.05, 0.1) is 42.3 Å². The third-order valence-electron chi connectivity index (χ3n) is 1.23. The molecule has 0 atom stereocenters. The van der Waals surface area contributed by atoms with Crippen molar-refractivity contribution in [3.63, 3.8) is 0 Å². The normalized spacial score (nSPS) is 12.2. The Morgan fingerprint density at radius 3 is 1.08 bits per heavy atom. The first kappa shape index (κ1) is 11.5. The number of hydrogen-bond donors (Lipinski definition) is 0. The van der Waals surface area contributed by atoms with Crippen LogP contribution in [0, 0.1) is 11.8 Å². The van der Waals surface area contributed by atoms with E-state index in [9.17, 15) is 0 Å². The van der Waals surface area contributed by atoms with Gasteiger partial charge in [-0.05, 0) is 11.8 Å². The van der Waals surface area contributed by atoms with Crippen LogP contribution in [0.25, 0.3) is 0 Å². The van der Waals surface area contributed by atoms with Crippen LogP contribution < -0.4 is 0 Å². The molecule has 0 aromatic rings. The molecule has 0 spiro atoms. The molecule has 0 amide bonds. The zero-order chi connectivity index (χ0) is 9.83. The van der Waals surface area contributed by atoms with Crippen molar-refractivity contribution in [1.29, 1.82) is 0 Å². The van der Waals surface area contributed by atoms with Gasteiger partial charge in [0, 0.05) is 0 Å². The summed E-state index contributed by atoms with van der Waals surface area (Å²) in [5, 5.41) is 0. The Labute approximate surface area is 77.0 Å². The van der Waals surface area contributed by atoms with Gasteiger partial charge in [0.2, 0.25) is 0 Å². The molecule has 0 unspecified atom stereocenters. The quantitative estimate of drug-likeness (QED) is 0.416. The van der Waals surface area contributed by atoms with Crippen molar-refractivity contribution in [3.8, 4) is 11.8 Å². The van der Waals surface area contributed by atoms with E-state index in [-0.39, 0.29) is 0 Å². The zero-order valence-corrected chi connectivity index (χ0v) is 9.31. The van der Waals surface area contributed by atoms with E-state index < -0.39 is 0 Å². The van der Waals surface area contributed by atoms with Gasteiger partial charge < -0.3 is 8.97 Å². The fraction of sp³-hybridized carbons (Fsp3) is 0.800. The summed E-state index contributed by atoms with van der Waals surface area (Å²) in [5.41, 5.74) is 0. The molecule has 12 heavy (non-hydrogen) atoms. The molecule has 0 aliphatic rings. The average molecular weight is 170 g/mol. The van der Waals surface area contributed by atoms with E-state index in [4.69, 9.17) is 0 Å². The van der Waals surface area contributed by atoms with Crippen molar-refractivity contribution in [2.24, 2.45) is 0 Å². The second kappa shape index (κ2) is 3.93. The van der Waals surface area contributed by atoms with E-state index in [1.54, 1.807) is 0 Å². The molecule has 0 aromatic heterocycles. The first-order chi connectivity index (χ1) is 5.21. The Kier molecular flexibility index (Phi) is 3.76. The Morgan fingerprint density at radius 1 is 0.667 bits per heavy atom. The Morgan fingerprint density at radius 2 is 0.917 bits per heavy atom. The van der Waals surface area contributed by atoms with E-state index in [1.807, 2.05) is 0 Å². The van der Waals surface area contributed by atoms with Gasteiger partial charge in [0.15, 0.2) is 0 Å². The van der Waals surface area contributed by atoms with Gasteiger partial charge in [-0.2, -0.15) is 0 Å². The van der Waals surface area contributed by atoms with E-state index in [0.29, 0.717) is 0 Å². The van der Waals surface area contributed by atoms with Crippen LogP contribution in [0.15, 0.2) is 0 Å². The Balaban J connectivity index is 3.77. The van der Waals surface area contributed by atoms with Crippen LogP contribution >= 0.6 is 0 Å². The fourth-order valence-electron chi connectivity index (χ4n) is 0.586. The number of quaternary nitrogens is 2. The predicted octanol–water partition coefficient (Wildman–Crippen LogP) is 0.402.